The van der Waals surface area contributed by atoms with Gasteiger partial charge in [0.05, 0.1) is 11.9 Å². The van der Waals surface area contributed by atoms with E-state index in [2.05, 4.69) is 4.98 Å². The minimum Gasteiger partial charge on any atom is -0.480 e. The number of carboxylic acids is 1. The molecule has 2 rings (SSSR count). The van der Waals surface area contributed by atoms with Gasteiger partial charge in [-0.2, -0.15) is 0 Å². The number of anilines is 1. The summed E-state index contributed by atoms with van der Waals surface area (Å²) in [4.78, 5) is 16.0. The van der Waals surface area contributed by atoms with Gasteiger partial charge in [0.1, 0.15) is 4.75 Å². The lowest BCUT2D eigenvalue weighted by molar-refractivity contribution is -0.139. The maximum absolute atomic E-state index is 11.3. The molecule has 0 spiro atoms. The van der Waals surface area contributed by atoms with Crippen LogP contribution in [0.2, 0.25) is 0 Å². The van der Waals surface area contributed by atoms with Crippen molar-refractivity contribution in [2.75, 3.05) is 5.73 Å². The first kappa shape index (κ1) is 11.3. The third-order valence-electron chi connectivity index (χ3n) is 2.91. The number of carbonyl (C=O) groups is 1. The van der Waals surface area contributed by atoms with Gasteiger partial charge >= 0.3 is 5.97 Å². The van der Waals surface area contributed by atoms with E-state index >= 15 is 0 Å². The highest BCUT2D eigenvalue weighted by atomic mass is 32.2. The highest BCUT2D eigenvalue weighted by Gasteiger charge is 2.48. The van der Waals surface area contributed by atoms with E-state index in [4.69, 9.17) is 5.73 Å². The van der Waals surface area contributed by atoms with Gasteiger partial charge in [-0.15, -0.1) is 11.8 Å². The van der Waals surface area contributed by atoms with E-state index in [-0.39, 0.29) is 5.92 Å². The molecule has 1 aliphatic carbocycles. The number of thioether (sulfide) groups is 1. The number of aliphatic carboxylic acids is 1. The zero-order valence-corrected chi connectivity index (χ0v) is 9.83. The summed E-state index contributed by atoms with van der Waals surface area (Å²) in [5.41, 5.74) is 6.31. The van der Waals surface area contributed by atoms with Crippen molar-refractivity contribution < 1.29 is 9.90 Å². The summed E-state index contributed by atoms with van der Waals surface area (Å²) in [6.07, 6.45) is 5.16. The SMILES string of the molecule is CC(Sc1ccncc1N)(C(=O)O)C1CC1. The molecule has 0 aromatic carbocycles. The molecule has 0 radical (unpaired) electrons. The predicted octanol–water partition coefficient (Wildman–Crippen LogP) is 2.01. The van der Waals surface area contributed by atoms with E-state index in [0.717, 1.165) is 17.7 Å². The lowest BCUT2D eigenvalue weighted by atomic mass is 10.1. The molecule has 86 valence electrons. The van der Waals surface area contributed by atoms with Crippen molar-refractivity contribution in [3.8, 4) is 0 Å². The van der Waals surface area contributed by atoms with Gasteiger partial charge < -0.3 is 10.8 Å². The van der Waals surface area contributed by atoms with Crippen LogP contribution >= 0.6 is 11.8 Å². The number of aromatic nitrogens is 1. The molecule has 0 amide bonds. The molecule has 1 atom stereocenters. The third-order valence-corrected chi connectivity index (χ3v) is 4.44. The van der Waals surface area contributed by atoms with Crippen molar-refractivity contribution in [2.45, 2.75) is 29.4 Å². The minimum atomic E-state index is -0.768. The van der Waals surface area contributed by atoms with Crippen LogP contribution in [0.3, 0.4) is 0 Å². The van der Waals surface area contributed by atoms with Crippen molar-refractivity contribution >= 4 is 23.4 Å². The molecule has 16 heavy (non-hydrogen) atoms. The lowest BCUT2D eigenvalue weighted by Crippen LogP contribution is -2.33. The van der Waals surface area contributed by atoms with Crippen LogP contribution in [0.15, 0.2) is 23.4 Å². The first-order chi connectivity index (χ1) is 7.54. The van der Waals surface area contributed by atoms with Gasteiger partial charge in [0.2, 0.25) is 0 Å². The van der Waals surface area contributed by atoms with Crippen molar-refractivity contribution in [1.29, 1.82) is 0 Å². The molecule has 1 heterocycles. The molecule has 1 fully saturated rings. The molecule has 5 heteroatoms. The summed E-state index contributed by atoms with van der Waals surface area (Å²) in [6.45, 7) is 1.78. The molecule has 1 unspecified atom stereocenters. The summed E-state index contributed by atoms with van der Waals surface area (Å²) in [5.74, 6) is -0.515. The normalized spacial score (nSPS) is 19.1. The van der Waals surface area contributed by atoms with Crippen LogP contribution in [0.4, 0.5) is 5.69 Å². The second-order valence-corrected chi connectivity index (χ2v) is 5.69. The van der Waals surface area contributed by atoms with Gasteiger partial charge in [-0.1, -0.05) is 0 Å². The minimum absolute atomic E-state index is 0.252. The second kappa shape index (κ2) is 3.97. The number of nitrogen functional groups attached to an aromatic ring is 1. The molecular formula is C11H14N2O2S. The van der Waals surface area contributed by atoms with E-state index in [0.29, 0.717) is 5.69 Å². The van der Waals surface area contributed by atoms with Crippen LogP contribution in [0.5, 0.6) is 0 Å². The van der Waals surface area contributed by atoms with E-state index in [1.54, 1.807) is 25.4 Å². The number of hydrogen-bond acceptors (Lipinski definition) is 4. The van der Waals surface area contributed by atoms with Crippen molar-refractivity contribution in [3.63, 3.8) is 0 Å². The first-order valence-electron chi connectivity index (χ1n) is 5.16. The second-order valence-electron chi connectivity index (χ2n) is 4.20. The number of nitrogens with two attached hydrogens (primary N) is 1. The van der Waals surface area contributed by atoms with E-state index in [1.165, 1.54) is 11.8 Å². The third kappa shape index (κ3) is 2.00. The highest BCUT2D eigenvalue weighted by molar-refractivity contribution is 8.01. The Morgan fingerprint density at radius 1 is 1.69 bits per heavy atom. The first-order valence-corrected chi connectivity index (χ1v) is 5.97. The molecule has 0 aliphatic heterocycles. The highest BCUT2D eigenvalue weighted by Crippen LogP contribution is 2.50. The monoisotopic (exact) mass is 238 g/mol. The number of rotatable bonds is 4. The van der Waals surface area contributed by atoms with E-state index in [9.17, 15) is 9.90 Å². The number of hydrogen-bond donors (Lipinski definition) is 2. The Labute approximate surface area is 98.3 Å². The summed E-state index contributed by atoms with van der Waals surface area (Å²) < 4.78 is -0.768. The van der Waals surface area contributed by atoms with E-state index < -0.39 is 10.7 Å². The van der Waals surface area contributed by atoms with Crippen LogP contribution in [-0.4, -0.2) is 20.8 Å². The fraction of sp³-hybridized carbons (Fsp3) is 0.455. The largest absolute Gasteiger partial charge is 0.480 e. The van der Waals surface area contributed by atoms with Gasteiger partial charge in [0.25, 0.3) is 0 Å². The molecule has 1 saturated carbocycles. The zero-order chi connectivity index (χ0) is 11.8. The average Bonchev–Trinajstić information content (AvgIpc) is 3.04. The number of nitrogens with zero attached hydrogens (tertiary/aromatic N) is 1. The van der Waals surface area contributed by atoms with Crippen molar-refractivity contribution in [3.05, 3.63) is 18.5 Å². The van der Waals surface area contributed by atoms with Crippen LogP contribution in [0.25, 0.3) is 0 Å². The molecular weight excluding hydrogens is 224 g/mol. The summed E-state index contributed by atoms with van der Waals surface area (Å²) >= 11 is 1.33. The molecule has 1 aromatic heterocycles. The zero-order valence-electron chi connectivity index (χ0n) is 9.01. The van der Waals surface area contributed by atoms with Crippen LogP contribution < -0.4 is 5.73 Å². The Bertz CT molecular complexity index is 420. The molecule has 0 saturated heterocycles. The summed E-state index contributed by atoms with van der Waals surface area (Å²) in [5, 5.41) is 9.32. The maximum Gasteiger partial charge on any atom is 0.320 e. The van der Waals surface area contributed by atoms with Gasteiger partial charge in [0, 0.05) is 11.1 Å². The summed E-state index contributed by atoms with van der Waals surface area (Å²) in [7, 11) is 0. The van der Waals surface area contributed by atoms with Gasteiger partial charge in [-0.25, -0.2) is 0 Å². The number of pyridine rings is 1. The Balaban J connectivity index is 2.24. The van der Waals surface area contributed by atoms with Crippen LogP contribution in [0.1, 0.15) is 19.8 Å². The molecule has 1 aliphatic rings. The van der Waals surface area contributed by atoms with Gasteiger partial charge in [-0.3, -0.25) is 9.78 Å². The molecule has 1 aromatic rings. The van der Waals surface area contributed by atoms with Crippen LogP contribution in [0, 0.1) is 5.92 Å². The van der Waals surface area contributed by atoms with Gasteiger partial charge in [-0.05, 0) is 31.7 Å². The van der Waals surface area contributed by atoms with Gasteiger partial charge in [0.15, 0.2) is 0 Å². The molecule has 0 bridgehead atoms. The number of carboxylic acid groups (broad SMARTS) is 1. The summed E-state index contributed by atoms with van der Waals surface area (Å²) in [6, 6.07) is 1.77. The lowest BCUT2D eigenvalue weighted by Gasteiger charge is -2.24. The molecule has 3 N–H and O–H groups in total. The Morgan fingerprint density at radius 3 is 2.88 bits per heavy atom. The predicted molar refractivity (Wildman–Crippen MR) is 63.3 cm³/mol. The van der Waals surface area contributed by atoms with Crippen molar-refractivity contribution in [1.82, 2.24) is 4.98 Å². The van der Waals surface area contributed by atoms with Crippen LogP contribution in [-0.2, 0) is 4.79 Å². The Hall–Kier alpha value is -1.23. The van der Waals surface area contributed by atoms with Crippen molar-refractivity contribution in [2.24, 2.45) is 5.92 Å². The Kier molecular flexibility index (Phi) is 2.80. The fourth-order valence-electron chi connectivity index (χ4n) is 1.65. The standard InChI is InChI=1S/C11H14N2O2S/c1-11(10(14)15,7-2-3-7)16-9-4-5-13-6-8(9)12/h4-7H,2-3,12H2,1H3,(H,14,15). The average molecular weight is 238 g/mol. The quantitative estimate of drug-likeness (QED) is 0.785. The maximum atomic E-state index is 11.3. The fourth-order valence-corrected chi connectivity index (χ4v) is 2.90. The topological polar surface area (TPSA) is 76.2 Å². The smallest absolute Gasteiger partial charge is 0.320 e. The van der Waals surface area contributed by atoms with E-state index in [1.807, 2.05) is 0 Å². The Morgan fingerprint density at radius 2 is 2.38 bits per heavy atom. The molecule has 4 nitrogen and oxygen atoms in total.